The van der Waals surface area contributed by atoms with Crippen molar-refractivity contribution in [2.75, 3.05) is 10.1 Å². The van der Waals surface area contributed by atoms with Crippen molar-refractivity contribution in [3.63, 3.8) is 0 Å². The lowest BCUT2D eigenvalue weighted by Crippen LogP contribution is -2.18. The average molecular weight is 403 g/mol. The molecule has 0 bridgehead atoms. The molecule has 0 aliphatic carbocycles. The van der Waals surface area contributed by atoms with E-state index in [0.717, 1.165) is 9.13 Å². The van der Waals surface area contributed by atoms with Crippen molar-refractivity contribution in [2.45, 2.75) is 11.8 Å². The normalized spacial score (nSPS) is 11.2. The zero-order valence-corrected chi connectivity index (χ0v) is 13.7. The third kappa shape index (κ3) is 3.05. The fourth-order valence-electron chi connectivity index (χ4n) is 1.74. The van der Waals surface area contributed by atoms with Crippen molar-refractivity contribution < 1.29 is 8.42 Å². The van der Waals surface area contributed by atoms with E-state index in [0.29, 0.717) is 11.4 Å². The topological polar surface area (TPSA) is 84.2 Å². The van der Waals surface area contributed by atoms with Crippen LogP contribution in [0.2, 0.25) is 0 Å². The van der Waals surface area contributed by atoms with Crippen LogP contribution < -0.4 is 16.0 Å². The molecule has 0 spiro atoms. The molecule has 2 aromatic carbocycles. The van der Waals surface area contributed by atoms with E-state index in [9.17, 15) is 8.42 Å². The van der Waals surface area contributed by atoms with Crippen LogP contribution >= 0.6 is 22.6 Å². The molecule has 0 aromatic heterocycles. The summed E-state index contributed by atoms with van der Waals surface area (Å²) in [6, 6.07) is 11.9. The molecular formula is C13H14IN3O2S. The van der Waals surface area contributed by atoms with Crippen molar-refractivity contribution in [3.05, 3.63) is 51.6 Å². The summed E-state index contributed by atoms with van der Waals surface area (Å²) in [6.07, 6.45) is 0. The highest BCUT2D eigenvalue weighted by atomic mass is 127. The largest absolute Gasteiger partial charge is 0.323 e. The molecule has 0 unspecified atom stereocenters. The van der Waals surface area contributed by atoms with Crippen molar-refractivity contribution in [1.29, 1.82) is 0 Å². The summed E-state index contributed by atoms with van der Waals surface area (Å²) in [6.45, 7) is 1.87. The molecule has 0 saturated heterocycles. The molecule has 20 heavy (non-hydrogen) atoms. The molecule has 2 aromatic rings. The minimum absolute atomic E-state index is 0.112. The number of anilines is 2. The zero-order valence-electron chi connectivity index (χ0n) is 10.7. The maximum atomic E-state index is 12.4. The summed E-state index contributed by atoms with van der Waals surface area (Å²) in [5.41, 5.74) is 4.19. The number of hydrogen-bond donors (Lipinski definition) is 3. The number of benzene rings is 2. The molecule has 0 fully saturated rings. The number of nitrogens with one attached hydrogen (secondary N) is 2. The van der Waals surface area contributed by atoms with E-state index in [1.807, 2.05) is 13.0 Å². The van der Waals surface area contributed by atoms with Gasteiger partial charge in [0.25, 0.3) is 10.0 Å². The molecule has 4 N–H and O–H groups in total. The van der Waals surface area contributed by atoms with E-state index in [1.54, 1.807) is 30.3 Å². The Kier molecular flexibility index (Phi) is 4.51. The van der Waals surface area contributed by atoms with Crippen LogP contribution in [0.5, 0.6) is 0 Å². The molecule has 0 aliphatic rings. The molecule has 0 saturated carbocycles. The monoisotopic (exact) mass is 403 g/mol. The summed E-state index contributed by atoms with van der Waals surface area (Å²) in [4.78, 5) is 0.112. The Labute approximate surface area is 131 Å². The van der Waals surface area contributed by atoms with Gasteiger partial charge in [-0.15, -0.1) is 0 Å². The van der Waals surface area contributed by atoms with E-state index in [-0.39, 0.29) is 4.90 Å². The van der Waals surface area contributed by atoms with Crippen molar-refractivity contribution in [3.8, 4) is 0 Å². The second-order valence-electron chi connectivity index (χ2n) is 4.16. The fraction of sp³-hybridized carbons (Fsp3) is 0.0769. The predicted octanol–water partition coefficient (Wildman–Crippen LogP) is 2.69. The maximum Gasteiger partial charge on any atom is 0.264 e. The van der Waals surface area contributed by atoms with Crippen LogP contribution in [0.25, 0.3) is 0 Å². The zero-order chi connectivity index (χ0) is 14.8. The number of para-hydroxylation sites is 1. The molecule has 7 heteroatoms. The van der Waals surface area contributed by atoms with Gasteiger partial charge >= 0.3 is 0 Å². The molecule has 0 aliphatic heterocycles. The van der Waals surface area contributed by atoms with Gasteiger partial charge in [-0.1, -0.05) is 18.2 Å². The Balaban J connectivity index is 2.44. The van der Waals surface area contributed by atoms with E-state index in [2.05, 4.69) is 32.7 Å². The van der Waals surface area contributed by atoms with Crippen molar-refractivity contribution in [1.82, 2.24) is 0 Å². The Hall–Kier alpha value is -1.32. The lowest BCUT2D eigenvalue weighted by Gasteiger charge is -2.13. The standard InChI is InChI=1S/C13H14IN3O2S/c1-9-10(14)5-4-7-11(9)17-20(18,19)13-8-3-2-6-12(13)16-15/h2-8,16-17H,15H2,1H3. The third-order valence-electron chi connectivity index (χ3n) is 2.84. The first-order valence-electron chi connectivity index (χ1n) is 5.79. The summed E-state index contributed by atoms with van der Waals surface area (Å²) in [5, 5.41) is 0. The van der Waals surface area contributed by atoms with Gasteiger partial charge in [-0.2, -0.15) is 0 Å². The van der Waals surface area contributed by atoms with E-state index in [4.69, 9.17) is 5.84 Å². The first kappa shape index (κ1) is 15.1. The van der Waals surface area contributed by atoms with Gasteiger partial charge in [0.05, 0.1) is 11.4 Å². The molecule has 2 rings (SSSR count). The molecular weight excluding hydrogens is 389 g/mol. The quantitative estimate of drug-likeness (QED) is 0.417. The van der Waals surface area contributed by atoms with Crippen LogP contribution in [0.3, 0.4) is 0 Å². The lowest BCUT2D eigenvalue weighted by molar-refractivity contribution is 0.601. The summed E-state index contributed by atoms with van der Waals surface area (Å²) >= 11 is 2.16. The van der Waals surface area contributed by atoms with Gasteiger partial charge in [0.15, 0.2) is 0 Å². The summed E-state index contributed by atoms with van der Waals surface area (Å²) in [5.74, 6) is 5.35. The van der Waals surface area contributed by atoms with E-state index in [1.165, 1.54) is 6.07 Å². The van der Waals surface area contributed by atoms with Gasteiger partial charge in [0.1, 0.15) is 4.90 Å². The summed E-state index contributed by atoms with van der Waals surface area (Å²) < 4.78 is 28.5. The number of sulfonamides is 1. The second kappa shape index (κ2) is 5.98. The second-order valence-corrected chi connectivity index (χ2v) is 6.97. The molecule has 5 nitrogen and oxygen atoms in total. The minimum Gasteiger partial charge on any atom is -0.323 e. The number of halogens is 1. The molecule has 0 amide bonds. The van der Waals surface area contributed by atoms with Crippen LogP contribution in [0, 0.1) is 10.5 Å². The number of hydrogen-bond acceptors (Lipinski definition) is 4. The summed E-state index contributed by atoms with van der Waals surface area (Å²) in [7, 11) is -3.69. The van der Waals surface area contributed by atoms with Gasteiger partial charge in [-0.3, -0.25) is 10.6 Å². The van der Waals surface area contributed by atoms with E-state index >= 15 is 0 Å². The predicted molar refractivity (Wildman–Crippen MR) is 89.0 cm³/mol. The van der Waals surface area contributed by atoms with Crippen LogP contribution in [0.15, 0.2) is 47.4 Å². The SMILES string of the molecule is Cc1c(I)cccc1NS(=O)(=O)c1ccccc1NN. The highest BCUT2D eigenvalue weighted by Gasteiger charge is 2.19. The average Bonchev–Trinajstić information content (AvgIpc) is 2.43. The van der Waals surface area contributed by atoms with Crippen LogP contribution in [-0.2, 0) is 10.0 Å². The molecule has 106 valence electrons. The van der Waals surface area contributed by atoms with Crippen LogP contribution in [0.1, 0.15) is 5.56 Å². The third-order valence-corrected chi connectivity index (χ3v) is 5.44. The van der Waals surface area contributed by atoms with Crippen LogP contribution in [-0.4, -0.2) is 8.42 Å². The van der Waals surface area contributed by atoms with Gasteiger partial charge in [0.2, 0.25) is 0 Å². The molecule has 0 radical (unpaired) electrons. The van der Waals surface area contributed by atoms with E-state index < -0.39 is 10.0 Å². The van der Waals surface area contributed by atoms with Gasteiger partial charge in [0, 0.05) is 3.57 Å². The number of nitrogens with two attached hydrogens (primary N) is 1. The van der Waals surface area contributed by atoms with Gasteiger partial charge < -0.3 is 5.43 Å². The lowest BCUT2D eigenvalue weighted by atomic mass is 10.2. The number of nitrogen functional groups attached to an aromatic ring is 1. The Morgan fingerprint density at radius 1 is 1.05 bits per heavy atom. The Bertz CT molecular complexity index is 732. The smallest absolute Gasteiger partial charge is 0.264 e. The Morgan fingerprint density at radius 3 is 2.40 bits per heavy atom. The molecule has 0 heterocycles. The minimum atomic E-state index is -3.69. The van der Waals surface area contributed by atoms with Crippen molar-refractivity contribution >= 4 is 44.0 Å². The van der Waals surface area contributed by atoms with Crippen LogP contribution in [0.4, 0.5) is 11.4 Å². The van der Waals surface area contributed by atoms with Gasteiger partial charge in [-0.25, -0.2) is 8.42 Å². The van der Waals surface area contributed by atoms with Crippen molar-refractivity contribution in [2.24, 2.45) is 5.84 Å². The fourth-order valence-corrected chi connectivity index (χ4v) is 3.53. The highest BCUT2D eigenvalue weighted by molar-refractivity contribution is 14.1. The number of rotatable bonds is 4. The van der Waals surface area contributed by atoms with Gasteiger partial charge in [-0.05, 0) is 59.3 Å². The maximum absolute atomic E-state index is 12.4. The number of hydrazine groups is 1. The first-order valence-corrected chi connectivity index (χ1v) is 8.35. The first-order chi connectivity index (χ1) is 9.45. The molecule has 0 atom stereocenters. The highest BCUT2D eigenvalue weighted by Crippen LogP contribution is 2.26. The Morgan fingerprint density at radius 2 is 1.70 bits per heavy atom.